The highest BCUT2D eigenvalue weighted by atomic mass is 16.6. The molecule has 0 saturated carbocycles. The van der Waals surface area contributed by atoms with Gasteiger partial charge in [-0.1, -0.05) is 37.3 Å². The Balaban J connectivity index is 1.92. The molecule has 1 atom stereocenters. The lowest BCUT2D eigenvalue weighted by Crippen LogP contribution is -2.22. The molecule has 0 fully saturated rings. The number of amides is 1. The predicted octanol–water partition coefficient (Wildman–Crippen LogP) is 3.59. The summed E-state index contributed by atoms with van der Waals surface area (Å²) in [6.07, 6.45) is 0.154. The molecule has 0 bridgehead atoms. The van der Waals surface area contributed by atoms with Gasteiger partial charge >= 0.3 is 11.7 Å². The van der Waals surface area contributed by atoms with E-state index in [9.17, 15) is 19.7 Å². The third kappa shape index (κ3) is 5.54. The summed E-state index contributed by atoms with van der Waals surface area (Å²) < 4.78 is 10.0. The molecule has 0 spiro atoms. The summed E-state index contributed by atoms with van der Waals surface area (Å²) in [6.45, 7) is 3.08. The molecule has 148 valence electrons. The number of benzene rings is 2. The van der Waals surface area contributed by atoms with Crippen LogP contribution in [0, 0.1) is 17.0 Å². The molecule has 0 aliphatic rings. The van der Waals surface area contributed by atoms with Crippen LogP contribution in [0.15, 0.2) is 42.5 Å². The SMILES string of the molecule is COc1cc(NC(=O)COC(=O)C[C@@H](C)c2ccccc2)c(C)cc1[N+](=O)[O-]. The Labute approximate surface area is 162 Å². The van der Waals surface area contributed by atoms with E-state index in [-0.39, 0.29) is 23.8 Å². The fourth-order valence-electron chi connectivity index (χ4n) is 2.65. The Hall–Kier alpha value is -3.42. The number of nitro groups is 1. The van der Waals surface area contributed by atoms with Gasteiger partial charge in [0.15, 0.2) is 12.4 Å². The van der Waals surface area contributed by atoms with Crippen LogP contribution < -0.4 is 10.1 Å². The summed E-state index contributed by atoms with van der Waals surface area (Å²) in [5, 5.41) is 13.6. The molecule has 1 amide bonds. The highest BCUT2D eigenvalue weighted by molar-refractivity contribution is 5.94. The van der Waals surface area contributed by atoms with Crippen molar-refractivity contribution >= 4 is 23.3 Å². The number of hydrogen-bond donors (Lipinski definition) is 1. The molecule has 28 heavy (non-hydrogen) atoms. The predicted molar refractivity (Wildman–Crippen MR) is 103 cm³/mol. The third-order valence-electron chi connectivity index (χ3n) is 4.20. The van der Waals surface area contributed by atoms with Crippen molar-refractivity contribution < 1.29 is 24.0 Å². The average Bonchev–Trinajstić information content (AvgIpc) is 2.68. The molecular weight excluding hydrogens is 364 g/mol. The van der Waals surface area contributed by atoms with Crippen molar-refractivity contribution in [2.75, 3.05) is 19.0 Å². The van der Waals surface area contributed by atoms with Crippen LogP contribution in [-0.4, -0.2) is 30.5 Å². The Bertz CT molecular complexity index is 866. The zero-order valence-electron chi connectivity index (χ0n) is 15.9. The minimum atomic E-state index is -0.562. The summed E-state index contributed by atoms with van der Waals surface area (Å²) in [7, 11) is 1.30. The number of hydrogen-bond acceptors (Lipinski definition) is 6. The molecule has 8 heteroatoms. The molecule has 0 aliphatic heterocycles. The minimum absolute atomic E-state index is 0.0274. The molecule has 0 radical (unpaired) electrons. The van der Waals surface area contributed by atoms with E-state index in [0.29, 0.717) is 11.3 Å². The Morgan fingerprint density at radius 3 is 2.50 bits per heavy atom. The molecule has 8 nitrogen and oxygen atoms in total. The lowest BCUT2D eigenvalue weighted by Gasteiger charge is -2.13. The van der Waals surface area contributed by atoms with E-state index in [1.807, 2.05) is 37.3 Å². The van der Waals surface area contributed by atoms with Crippen LogP contribution in [0.4, 0.5) is 11.4 Å². The van der Waals surface area contributed by atoms with Gasteiger partial charge in [-0.25, -0.2) is 0 Å². The number of methoxy groups -OCH3 is 1. The first-order valence-corrected chi connectivity index (χ1v) is 8.65. The first-order chi connectivity index (χ1) is 13.3. The summed E-state index contributed by atoms with van der Waals surface area (Å²) in [5.74, 6) is -1.03. The molecule has 0 aromatic heterocycles. The summed E-state index contributed by atoms with van der Waals surface area (Å²) >= 11 is 0. The van der Waals surface area contributed by atoms with E-state index in [4.69, 9.17) is 9.47 Å². The second-order valence-electron chi connectivity index (χ2n) is 6.32. The van der Waals surface area contributed by atoms with E-state index >= 15 is 0 Å². The van der Waals surface area contributed by atoms with Gasteiger partial charge < -0.3 is 14.8 Å². The smallest absolute Gasteiger partial charge is 0.311 e. The van der Waals surface area contributed by atoms with Crippen molar-refractivity contribution in [3.05, 3.63) is 63.7 Å². The van der Waals surface area contributed by atoms with Crippen molar-refractivity contribution in [1.29, 1.82) is 0 Å². The van der Waals surface area contributed by atoms with Gasteiger partial charge in [0.2, 0.25) is 0 Å². The van der Waals surface area contributed by atoms with Crippen LogP contribution >= 0.6 is 0 Å². The van der Waals surface area contributed by atoms with Gasteiger partial charge in [0.25, 0.3) is 5.91 Å². The normalized spacial score (nSPS) is 11.4. The maximum Gasteiger partial charge on any atom is 0.311 e. The largest absolute Gasteiger partial charge is 0.490 e. The Morgan fingerprint density at radius 2 is 1.89 bits per heavy atom. The second kappa shape index (κ2) is 9.50. The van der Waals surface area contributed by atoms with Crippen molar-refractivity contribution in [3.8, 4) is 5.75 Å². The minimum Gasteiger partial charge on any atom is -0.490 e. The maximum absolute atomic E-state index is 12.1. The summed E-state index contributed by atoms with van der Waals surface area (Å²) in [5.41, 5.74) is 1.66. The van der Waals surface area contributed by atoms with E-state index in [1.165, 1.54) is 19.2 Å². The number of carbonyl (C=O) groups excluding carboxylic acids is 2. The number of nitrogens with zero attached hydrogens (tertiary/aromatic N) is 1. The van der Waals surface area contributed by atoms with Crippen LogP contribution in [-0.2, 0) is 14.3 Å². The first-order valence-electron chi connectivity index (χ1n) is 8.65. The summed E-state index contributed by atoms with van der Waals surface area (Å²) in [4.78, 5) is 34.5. The fourth-order valence-corrected chi connectivity index (χ4v) is 2.65. The number of anilines is 1. The third-order valence-corrected chi connectivity index (χ3v) is 4.20. The lowest BCUT2D eigenvalue weighted by atomic mass is 9.98. The van der Waals surface area contributed by atoms with Crippen LogP contribution in [0.2, 0.25) is 0 Å². The van der Waals surface area contributed by atoms with Crippen LogP contribution in [0.3, 0.4) is 0 Å². The Kier molecular flexibility index (Phi) is 7.08. The fraction of sp³-hybridized carbons (Fsp3) is 0.300. The first kappa shape index (κ1) is 20.9. The monoisotopic (exact) mass is 386 g/mol. The van der Waals surface area contributed by atoms with Gasteiger partial charge in [-0.15, -0.1) is 0 Å². The maximum atomic E-state index is 12.1. The molecule has 0 saturated heterocycles. The van der Waals surface area contributed by atoms with Gasteiger partial charge in [0.05, 0.1) is 18.5 Å². The zero-order valence-corrected chi connectivity index (χ0v) is 15.9. The standard InChI is InChI=1S/C20H22N2O6/c1-13(15-7-5-4-6-8-15)10-20(24)28-12-19(23)21-16-11-18(27-3)17(22(25)26)9-14(16)2/h4-9,11,13H,10,12H2,1-3H3,(H,21,23)/t13-/m1/s1. The molecule has 0 heterocycles. The van der Waals surface area contributed by atoms with Crippen molar-refractivity contribution in [2.24, 2.45) is 0 Å². The lowest BCUT2D eigenvalue weighted by molar-refractivity contribution is -0.385. The Morgan fingerprint density at radius 1 is 1.21 bits per heavy atom. The number of nitro benzene ring substituents is 1. The van der Waals surface area contributed by atoms with Gasteiger partial charge in [-0.2, -0.15) is 0 Å². The van der Waals surface area contributed by atoms with E-state index < -0.39 is 23.4 Å². The quantitative estimate of drug-likeness (QED) is 0.422. The number of rotatable bonds is 8. The highest BCUT2D eigenvalue weighted by Gasteiger charge is 2.19. The van der Waals surface area contributed by atoms with Crippen molar-refractivity contribution in [1.82, 2.24) is 0 Å². The molecule has 2 aromatic rings. The van der Waals surface area contributed by atoms with Gasteiger partial charge in [-0.3, -0.25) is 19.7 Å². The van der Waals surface area contributed by atoms with E-state index in [2.05, 4.69) is 5.32 Å². The van der Waals surface area contributed by atoms with Crippen LogP contribution in [0.25, 0.3) is 0 Å². The average molecular weight is 386 g/mol. The molecule has 2 rings (SSSR count). The number of carbonyl (C=O) groups is 2. The van der Waals surface area contributed by atoms with Crippen molar-refractivity contribution in [3.63, 3.8) is 0 Å². The summed E-state index contributed by atoms with van der Waals surface area (Å²) in [6, 6.07) is 12.2. The second-order valence-corrected chi connectivity index (χ2v) is 6.32. The molecular formula is C20H22N2O6. The highest BCUT2D eigenvalue weighted by Crippen LogP contribution is 2.32. The van der Waals surface area contributed by atoms with Crippen LogP contribution in [0.5, 0.6) is 5.75 Å². The number of aryl methyl sites for hydroxylation is 1. The van der Waals surface area contributed by atoms with Gasteiger partial charge in [0, 0.05) is 17.8 Å². The number of nitrogens with one attached hydrogen (secondary N) is 1. The van der Waals surface area contributed by atoms with Gasteiger partial charge in [0.1, 0.15) is 0 Å². The van der Waals surface area contributed by atoms with Crippen molar-refractivity contribution in [2.45, 2.75) is 26.2 Å². The molecule has 0 unspecified atom stereocenters. The zero-order chi connectivity index (χ0) is 20.7. The van der Waals surface area contributed by atoms with Gasteiger partial charge in [-0.05, 0) is 24.0 Å². The van der Waals surface area contributed by atoms with E-state index in [1.54, 1.807) is 6.92 Å². The number of ether oxygens (including phenoxy) is 2. The molecule has 0 aliphatic carbocycles. The topological polar surface area (TPSA) is 108 Å². The van der Waals surface area contributed by atoms with E-state index in [0.717, 1.165) is 5.56 Å². The molecule has 2 aromatic carbocycles. The molecule has 1 N–H and O–H groups in total. The number of esters is 1. The van der Waals surface area contributed by atoms with Crippen LogP contribution in [0.1, 0.15) is 30.4 Å².